The van der Waals surface area contributed by atoms with Gasteiger partial charge < -0.3 is 10.6 Å². The number of hydrogen-bond acceptors (Lipinski definition) is 2. The van der Waals surface area contributed by atoms with Crippen LogP contribution in [0.3, 0.4) is 0 Å². The van der Waals surface area contributed by atoms with Crippen LogP contribution in [0.15, 0.2) is 24.3 Å². The first kappa shape index (κ1) is 16.6. The Kier molecular flexibility index (Phi) is 4.53. The monoisotopic (exact) mass is 340 g/mol. The van der Waals surface area contributed by atoms with Crippen molar-refractivity contribution in [3.63, 3.8) is 0 Å². The second-order valence-corrected chi connectivity index (χ2v) is 8.16. The van der Waals surface area contributed by atoms with Gasteiger partial charge in [0, 0.05) is 23.9 Å². The molecule has 1 aromatic carbocycles. The Morgan fingerprint density at radius 3 is 2.44 bits per heavy atom. The lowest BCUT2D eigenvalue weighted by atomic mass is 9.85. The number of amides is 2. The van der Waals surface area contributed by atoms with Crippen molar-refractivity contribution in [3.8, 4) is 0 Å². The third kappa shape index (κ3) is 3.88. The molecule has 2 amide bonds. The van der Waals surface area contributed by atoms with Gasteiger partial charge in [0.05, 0.1) is 0 Å². The van der Waals surface area contributed by atoms with E-state index in [2.05, 4.69) is 35.8 Å². The van der Waals surface area contributed by atoms with Gasteiger partial charge >= 0.3 is 0 Å². The van der Waals surface area contributed by atoms with Crippen molar-refractivity contribution in [1.82, 2.24) is 10.6 Å². The minimum absolute atomic E-state index is 0.0750. The Labute approximate surface area is 149 Å². The zero-order valence-corrected chi connectivity index (χ0v) is 15.0. The maximum Gasteiger partial charge on any atom is 0.223 e. The first-order valence-corrected chi connectivity index (χ1v) is 9.78. The lowest BCUT2D eigenvalue weighted by molar-refractivity contribution is -0.128. The second kappa shape index (κ2) is 6.81. The van der Waals surface area contributed by atoms with E-state index >= 15 is 0 Å². The minimum atomic E-state index is 0.0750. The van der Waals surface area contributed by atoms with Crippen LogP contribution in [0.4, 0.5) is 0 Å². The summed E-state index contributed by atoms with van der Waals surface area (Å²) < 4.78 is 0. The van der Waals surface area contributed by atoms with Crippen molar-refractivity contribution in [2.24, 2.45) is 11.8 Å². The fourth-order valence-corrected chi connectivity index (χ4v) is 4.25. The number of benzene rings is 1. The molecular formula is C21H28N2O2. The van der Waals surface area contributed by atoms with Crippen LogP contribution in [0.1, 0.15) is 62.0 Å². The predicted molar refractivity (Wildman–Crippen MR) is 97.1 cm³/mol. The Bertz CT molecular complexity index is 668. The highest BCUT2D eigenvalue weighted by Gasteiger charge is 2.45. The van der Waals surface area contributed by atoms with E-state index in [1.165, 1.54) is 11.1 Å². The average Bonchev–Trinajstić information content (AvgIpc) is 3.50. The summed E-state index contributed by atoms with van der Waals surface area (Å²) in [5, 5.41) is 6.35. The van der Waals surface area contributed by atoms with Crippen LogP contribution in [-0.4, -0.2) is 23.9 Å². The van der Waals surface area contributed by atoms with E-state index in [1.54, 1.807) is 0 Å². The highest BCUT2D eigenvalue weighted by Crippen LogP contribution is 2.48. The zero-order chi connectivity index (χ0) is 17.4. The molecule has 3 saturated carbocycles. The molecule has 0 aromatic heterocycles. The molecule has 0 bridgehead atoms. The van der Waals surface area contributed by atoms with Crippen LogP contribution in [0.5, 0.6) is 0 Å². The van der Waals surface area contributed by atoms with Crippen molar-refractivity contribution < 1.29 is 9.59 Å². The van der Waals surface area contributed by atoms with Crippen molar-refractivity contribution >= 4 is 11.8 Å². The molecule has 0 saturated heterocycles. The van der Waals surface area contributed by atoms with Gasteiger partial charge in [0.15, 0.2) is 0 Å². The van der Waals surface area contributed by atoms with Crippen LogP contribution in [-0.2, 0) is 9.59 Å². The van der Waals surface area contributed by atoms with E-state index in [4.69, 9.17) is 0 Å². The normalized spacial score (nSPS) is 31.2. The lowest BCUT2D eigenvalue weighted by Gasteiger charge is -2.29. The summed E-state index contributed by atoms with van der Waals surface area (Å²) in [6.45, 7) is 2.12. The summed E-state index contributed by atoms with van der Waals surface area (Å²) >= 11 is 0. The smallest absolute Gasteiger partial charge is 0.223 e. The van der Waals surface area contributed by atoms with Gasteiger partial charge in [-0.2, -0.15) is 0 Å². The molecule has 4 heteroatoms. The molecule has 4 atom stereocenters. The lowest BCUT2D eigenvalue weighted by Crippen LogP contribution is -2.43. The predicted octanol–water partition coefficient (Wildman–Crippen LogP) is 3.05. The highest BCUT2D eigenvalue weighted by atomic mass is 16.2. The number of rotatable bonds is 5. The van der Waals surface area contributed by atoms with Crippen molar-refractivity contribution in [1.29, 1.82) is 0 Å². The van der Waals surface area contributed by atoms with Crippen LogP contribution in [0.25, 0.3) is 0 Å². The van der Waals surface area contributed by atoms with E-state index in [0.717, 1.165) is 44.9 Å². The van der Waals surface area contributed by atoms with Gasteiger partial charge in [0.1, 0.15) is 0 Å². The van der Waals surface area contributed by atoms with Gasteiger partial charge in [-0.05, 0) is 62.5 Å². The number of nitrogens with one attached hydrogen (secondary N) is 2. The number of aryl methyl sites for hydroxylation is 1. The molecular weight excluding hydrogens is 312 g/mol. The van der Waals surface area contributed by atoms with E-state index in [-0.39, 0.29) is 29.7 Å². The Morgan fingerprint density at radius 1 is 0.920 bits per heavy atom. The van der Waals surface area contributed by atoms with Gasteiger partial charge in [0.2, 0.25) is 11.8 Å². The van der Waals surface area contributed by atoms with Crippen LogP contribution in [0, 0.1) is 18.8 Å². The second-order valence-electron chi connectivity index (χ2n) is 8.16. The molecule has 2 N–H and O–H groups in total. The van der Waals surface area contributed by atoms with Crippen molar-refractivity contribution in [3.05, 3.63) is 35.4 Å². The van der Waals surface area contributed by atoms with Crippen molar-refractivity contribution in [2.45, 2.75) is 69.9 Å². The third-order valence-electron chi connectivity index (χ3n) is 6.03. The largest absolute Gasteiger partial charge is 0.353 e. The molecule has 0 radical (unpaired) electrons. The Morgan fingerprint density at radius 2 is 1.68 bits per heavy atom. The van der Waals surface area contributed by atoms with Gasteiger partial charge in [0.25, 0.3) is 0 Å². The highest BCUT2D eigenvalue weighted by molar-refractivity contribution is 5.83. The quantitative estimate of drug-likeness (QED) is 0.865. The van der Waals surface area contributed by atoms with E-state index in [1.807, 2.05) is 6.07 Å². The van der Waals surface area contributed by atoms with Crippen LogP contribution < -0.4 is 10.6 Å². The first-order valence-electron chi connectivity index (χ1n) is 9.78. The SMILES string of the molecule is Cc1ccccc1[C@@H]1C[C@@H]1C(=O)N[C@H]1CCC[C@H](C(=O)NC2CC2)C1. The molecule has 3 fully saturated rings. The molecule has 3 aliphatic rings. The van der Waals surface area contributed by atoms with Crippen LogP contribution in [0.2, 0.25) is 0 Å². The molecule has 0 unspecified atom stereocenters. The van der Waals surface area contributed by atoms with Gasteiger partial charge in [-0.3, -0.25) is 9.59 Å². The van der Waals surface area contributed by atoms with Gasteiger partial charge in [-0.15, -0.1) is 0 Å². The molecule has 0 spiro atoms. The number of carbonyl (C=O) groups excluding carboxylic acids is 2. The summed E-state index contributed by atoms with van der Waals surface area (Å²) in [5.41, 5.74) is 2.59. The van der Waals surface area contributed by atoms with Crippen molar-refractivity contribution in [2.75, 3.05) is 0 Å². The molecule has 0 aliphatic heterocycles. The molecule has 4 nitrogen and oxygen atoms in total. The fraction of sp³-hybridized carbons (Fsp3) is 0.619. The topological polar surface area (TPSA) is 58.2 Å². The number of hydrogen-bond donors (Lipinski definition) is 2. The van der Waals surface area contributed by atoms with Crippen LogP contribution >= 0.6 is 0 Å². The minimum Gasteiger partial charge on any atom is -0.353 e. The maximum absolute atomic E-state index is 12.6. The summed E-state index contributed by atoms with van der Waals surface area (Å²) in [5.74, 6) is 0.943. The molecule has 0 heterocycles. The molecule has 3 aliphatic carbocycles. The van der Waals surface area contributed by atoms with Gasteiger partial charge in [-0.25, -0.2) is 0 Å². The zero-order valence-electron chi connectivity index (χ0n) is 15.0. The summed E-state index contributed by atoms with van der Waals surface area (Å²) in [6.07, 6.45) is 6.99. The number of carbonyl (C=O) groups is 2. The van der Waals surface area contributed by atoms with E-state index in [0.29, 0.717) is 12.0 Å². The molecule has 134 valence electrons. The molecule has 4 rings (SSSR count). The molecule has 25 heavy (non-hydrogen) atoms. The van der Waals surface area contributed by atoms with E-state index < -0.39 is 0 Å². The van der Waals surface area contributed by atoms with Gasteiger partial charge in [-0.1, -0.05) is 30.7 Å². The summed E-state index contributed by atoms with van der Waals surface area (Å²) in [7, 11) is 0. The standard InChI is InChI=1S/C21H28N2O2/c1-13-5-2-3-8-17(13)18-12-19(18)21(25)23-16-7-4-6-14(11-16)20(24)22-15-9-10-15/h2-3,5,8,14-16,18-19H,4,6-7,9-12H2,1H3,(H,22,24)(H,23,25)/t14-,16-,18-,19-/m0/s1. The maximum atomic E-state index is 12.6. The Balaban J connectivity index is 1.29. The molecule has 1 aromatic rings. The fourth-order valence-electron chi connectivity index (χ4n) is 4.25. The summed E-state index contributed by atoms with van der Waals surface area (Å²) in [4.78, 5) is 24.9. The third-order valence-corrected chi connectivity index (χ3v) is 6.03. The summed E-state index contributed by atoms with van der Waals surface area (Å²) in [6, 6.07) is 8.95. The average molecular weight is 340 g/mol. The Hall–Kier alpha value is -1.84. The first-order chi connectivity index (χ1) is 12.1. The van der Waals surface area contributed by atoms with E-state index in [9.17, 15) is 9.59 Å².